The first kappa shape index (κ1) is 11.2. The first-order valence-corrected chi connectivity index (χ1v) is 6.12. The summed E-state index contributed by atoms with van der Waals surface area (Å²) in [6.07, 6.45) is 3.65. The van der Waals surface area contributed by atoms with Crippen molar-refractivity contribution in [3.63, 3.8) is 0 Å². The fourth-order valence-corrected chi connectivity index (χ4v) is 2.15. The number of nitrogens with zero attached hydrogens (tertiary/aromatic N) is 3. The average Bonchev–Trinajstić information content (AvgIpc) is 2.49. The molecule has 3 rings (SSSR count). The summed E-state index contributed by atoms with van der Waals surface area (Å²) in [5.41, 5.74) is 1.21. The Labute approximate surface area is 106 Å². The summed E-state index contributed by atoms with van der Waals surface area (Å²) in [6.45, 7) is 2.35. The minimum atomic E-state index is 0.101. The number of aromatic nitrogens is 2. The highest BCUT2D eigenvalue weighted by molar-refractivity contribution is 5.31. The minimum Gasteiger partial charge on any atom is -0.370 e. The summed E-state index contributed by atoms with van der Waals surface area (Å²) in [6, 6.07) is 12.1. The molecular weight excluding hydrogens is 226 g/mol. The molecule has 0 aliphatic carbocycles. The van der Waals surface area contributed by atoms with E-state index in [2.05, 4.69) is 27.0 Å². The van der Waals surface area contributed by atoms with E-state index in [1.807, 2.05) is 24.3 Å². The lowest BCUT2D eigenvalue weighted by molar-refractivity contribution is 0.0392. The lowest BCUT2D eigenvalue weighted by Gasteiger charge is -2.33. The zero-order chi connectivity index (χ0) is 12.2. The summed E-state index contributed by atoms with van der Waals surface area (Å²) < 4.78 is 5.82. The van der Waals surface area contributed by atoms with Gasteiger partial charge in [-0.05, 0) is 11.6 Å². The Bertz CT molecular complexity index is 443. The molecule has 1 fully saturated rings. The van der Waals surface area contributed by atoms with Gasteiger partial charge in [0, 0.05) is 18.9 Å². The molecule has 4 nitrogen and oxygen atoms in total. The average molecular weight is 241 g/mol. The predicted molar refractivity (Wildman–Crippen MR) is 69.4 cm³/mol. The zero-order valence-corrected chi connectivity index (χ0v) is 10.1. The van der Waals surface area contributed by atoms with E-state index in [-0.39, 0.29) is 6.10 Å². The van der Waals surface area contributed by atoms with Crippen molar-refractivity contribution in [1.82, 2.24) is 9.97 Å². The summed E-state index contributed by atoms with van der Waals surface area (Å²) in [7, 11) is 0. The molecule has 0 bridgehead atoms. The number of morpholine rings is 1. The van der Waals surface area contributed by atoms with E-state index >= 15 is 0 Å². The highest BCUT2D eigenvalue weighted by atomic mass is 16.5. The van der Waals surface area contributed by atoms with Crippen LogP contribution in [0.4, 0.5) is 5.95 Å². The van der Waals surface area contributed by atoms with Gasteiger partial charge in [0.2, 0.25) is 5.95 Å². The molecule has 1 atom stereocenters. The Morgan fingerprint density at radius 3 is 2.61 bits per heavy atom. The van der Waals surface area contributed by atoms with Gasteiger partial charge >= 0.3 is 0 Å². The number of benzene rings is 1. The number of rotatable bonds is 2. The molecule has 1 aromatic heterocycles. The Morgan fingerprint density at radius 2 is 1.83 bits per heavy atom. The Morgan fingerprint density at radius 1 is 1.06 bits per heavy atom. The van der Waals surface area contributed by atoms with Crippen molar-refractivity contribution < 1.29 is 4.74 Å². The minimum absolute atomic E-state index is 0.101. The maximum Gasteiger partial charge on any atom is 0.225 e. The van der Waals surface area contributed by atoms with Gasteiger partial charge in [-0.15, -0.1) is 0 Å². The predicted octanol–water partition coefficient (Wildman–Crippen LogP) is 2.05. The molecule has 92 valence electrons. The van der Waals surface area contributed by atoms with E-state index in [9.17, 15) is 0 Å². The molecule has 1 unspecified atom stereocenters. The summed E-state index contributed by atoms with van der Waals surface area (Å²) in [5, 5.41) is 0. The molecule has 1 aliphatic rings. The van der Waals surface area contributed by atoms with Gasteiger partial charge in [0.15, 0.2) is 0 Å². The molecule has 2 heterocycles. The molecule has 0 amide bonds. The number of anilines is 1. The van der Waals surface area contributed by atoms with E-state index in [1.165, 1.54) is 5.56 Å². The summed E-state index contributed by atoms with van der Waals surface area (Å²) in [4.78, 5) is 10.7. The molecule has 1 aliphatic heterocycles. The second-order valence-corrected chi connectivity index (χ2v) is 4.26. The second-order valence-electron chi connectivity index (χ2n) is 4.26. The Hall–Kier alpha value is -1.94. The highest BCUT2D eigenvalue weighted by Gasteiger charge is 2.23. The van der Waals surface area contributed by atoms with Gasteiger partial charge < -0.3 is 9.64 Å². The molecule has 1 saturated heterocycles. The van der Waals surface area contributed by atoms with E-state index in [1.54, 1.807) is 12.4 Å². The van der Waals surface area contributed by atoms with Crippen molar-refractivity contribution in [3.05, 3.63) is 54.4 Å². The van der Waals surface area contributed by atoms with Crippen LogP contribution in [-0.4, -0.2) is 29.7 Å². The topological polar surface area (TPSA) is 38.2 Å². The molecule has 0 radical (unpaired) electrons. The second kappa shape index (κ2) is 5.14. The van der Waals surface area contributed by atoms with Gasteiger partial charge in [-0.1, -0.05) is 30.3 Å². The fraction of sp³-hybridized carbons (Fsp3) is 0.286. The van der Waals surface area contributed by atoms with E-state index in [0.29, 0.717) is 6.61 Å². The largest absolute Gasteiger partial charge is 0.370 e. The normalized spacial score (nSPS) is 19.8. The number of ether oxygens (including phenoxy) is 1. The third-order valence-electron chi connectivity index (χ3n) is 3.07. The molecular formula is C14H15N3O. The first-order chi connectivity index (χ1) is 8.93. The quantitative estimate of drug-likeness (QED) is 0.806. The molecule has 18 heavy (non-hydrogen) atoms. The highest BCUT2D eigenvalue weighted by Crippen LogP contribution is 2.23. The van der Waals surface area contributed by atoms with Crippen molar-refractivity contribution in [1.29, 1.82) is 0 Å². The summed E-state index contributed by atoms with van der Waals surface area (Å²) in [5.74, 6) is 0.779. The molecule has 4 heteroatoms. The SMILES string of the molecule is c1ccc(C2CN(c3ncccn3)CCO2)cc1. The zero-order valence-electron chi connectivity index (χ0n) is 10.1. The number of hydrogen-bond acceptors (Lipinski definition) is 4. The summed E-state index contributed by atoms with van der Waals surface area (Å²) >= 11 is 0. The lowest BCUT2D eigenvalue weighted by Crippen LogP contribution is -2.39. The smallest absolute Gasteiger partial charge is 0.225 e. The van der Waals surface area contributed by atoms with Crippen LogP contribution in [-0.2, 0) is 4.74 Å². The maximum atomic E-state index is 5.82. The van der Waals surface area contributed by atoms with Crippen molar-refractivity contribution in [2.45, 2.75) is 6.10 Å². The van der Waals surface area contributed by atoms with Gasteiger partial charge in [-0.3, -0.25) is 0 Å². The third kappa shape index (κ3) is 2.33. The molecule has 2 aromatic rings. The van der Waals surface area contributed by atoms with Crippen molar-refractivity contribution in [2.75, 3.05) is 24.6 Å². The lowest BCUT2D eigenvalue weighted by atomic mass is 10.1. The van der Waals surface area contributed by atoms with Crippen LogP contribution in [0.25, 0.3) is 0 Å². The maximum absolute atomic E-state index is 5.82. The van der Waals surface area contributed by atoms with Gasteiger partial charge in [-0.25, -0.2) is 9.97 Å². The fourth-order valence-electron chi connectivity index (χ4n) is 2.15. The van der Waals surface area contributed by atoms with E-state index in [0.717, 1.165) is 19.0 Å². The molecule has 0 spiro atoms. The van der Waals surface area contributed by atoms with Gasteiger partial charge in [0.25, 0.3) is 0 Å². The van der Waals surface area contributed by atoms with Crippen LogP contribution in [0, 0.1) is 0 Å². The van der Waals surface area contributed by atoms with E-state index in [4.69, 9.17) is 4.74 Å². The van der Waals surface area contributed by atoms with E-state index < -0.39 is 0 Å². The van der Waals surface area contributed by atoms with Crippen LogP contribution < -0.4 is 4.90 Å². The van der Waals surface area contributed by atoms with Crippen molar-refractivity contribution in [3.8, 4) is 0 Å². The Kier molecular flexibility index (Phi) is 3.19. The Balaban J connectivity index is 1.77. The van der Waals surface area contributed by atoms with Crippen LogP contribution in [0.15, 0.2) is 48.8 Å². The van der Waals surface area contributed by atoms with Gasteiger partial charge in [-0.2, -0.15) is 0 Å². The van der Waals surface area contributed by atoms with Crippen LogP contribution in [0.3, 0.4) is 0 Å². The van der Waals surface area contributed by atoms with Crippen LogP contribution in [0.1, 0.15) is 11.7 Å². The van der Waals surface area contributed by atoms with Crippen LogP contribution in [0.2, 0.25) is 0 Å². The number of hydrogen-bond donors (Lipinski definition) is 0. The van der Waals surface area contributed by atoms with Crippen LogP contribution in [0.5, 0.6) is 0 Å². The molecule has 0 saturated carbocycles. The monoisotopic (exact) mass is 241 g/mol. The van der Waals surface area contributed by atoms with Gasteiger partial charge in [0.05, 0.1) is 13.2 Å². The molecule has 0 N–H and O–H groups in total. The van der Waals surface area contributed by atoms with Gasteiger partial charge in [0.1, 0.15) is 6.10 Å². The third-order valence-corrected chi connectivity index (χ3v) is 3.07. The first-order valence-electron chi connectivity index (χ1n) is 6.12. The van der Waals surface area contributed by atoms with Crippen LogP contribution >= 0.6 is 0 Å². The molecule has 1 aromatic carbocycles. The van der Waals surface area contributed by atoms with Crippen molar-refractivity contribution >= 4 is 5.95 Å². The standard InChI is InChI=1S/C14H15N3O/c1-2-5-12(6-3-1)13-11-17(9-10-18-13)14-15-7-4-8-16-14/h1-8,13H,9-11H2. The van der Waals surface area contributed by atoms with Crippen molar-refractivity contribution in [2.24, 2.45) is 0 Å².